The summed E-state index contributed by atoms with van der Waals surface area (Å²) in [5.74, 6) is 0.918. The van der Waals surface area contributed by atoms with Gasteiger partial charge in [-0.3, -0.25) is 14.5 Å². The molecule has 0 unspecified atom stereocenters. The van der Waals surface area contributed by atoms with Crippen molar-refractivity contribution in [1.29, 1.82) is 0 Å². The van der Waals surface area contributed by atoms with Gasteiger partial charge in [-0.15, -0.1) is 0 Å². The van der Waals surface area contributed by atoms with E-state index in [1.807, 2.05) is 31.2 Å². The van der Waals surface area contributed by atoms with Crippen LogP contribution in [0.5, 0.6) is 17.2 Å². The highest BCUT2D eigenvalue weighted by molar-refractivity contribution is 6.39. The van der Waals surface area contributed by atoms with Crippen LogP contribution in [-0.4, -0.2) is 61.2 Å². The molecule has 0 radical (unpaired) electrons. The van der Waals surface area contributed by atoms with E-state index in [9.17, 15) is 9.59 Å². The number of nitrogens with zero attached hydrogens (tertiary/aromatic N) is 2. The van der Waals surface area contributed by atoms with Gasteiger partial charge in [0.25, 0.3) is 0 Å². The summed E-state index contributed by atoms with van der Waals surface area (Å²) >= 11 is 0. The maximum atomic E-state index is 12.6. The molecule has 30 heavy (non-hydrogen) atoms. The van der Waals surface area contributed by atoms with Gasteiger partial charge in [0, 0.05) is 32.7 Å². The zero-order valence-electron chi connectivity index (χ0n) is 16.9. The molecule has 2 aromatic rings. The van der Waals surface area contributed by atoms with Crippen molar-refractivity contribution >= 4 is 17.5 Å². The van der Waals surface area contributed by atoms with Crippen LogP contribution in [0.1, 0.15) is 12.5 Å². The van der Waals surface area contributed by atoms with Crippen LogP contribution in [0.2, 0.25) is 0 Å². The second kappa shape index (κ2) is 9.04. The Hall–Kier alpha value is -3.26. The lowest BCUT2D eigenvalue weighted by atomic mass is 10.1. The van der Waals surface area contributed by atoms with Gasteiger partial charge in [0.2, 0.25) is 6.79 Å². The number of piperazine rings is 1. The van der Waals surface area contributed by atoms with Crippen LogP contribution >= 0.6 is 0 Å². The van der Waals surface area contributed by atoms with Gasteiger partial charge in [0.1, 0.15) is 5.75 Å². The summed E-state index contributed by atoms with van der Waals surface area (Å²) in [6.07, 6.45) is 0. The maximum Gasteiger partial charge on any atom is 0.314 e. The number of para-hydroxylation sites is 2. The van der Waals surface area contributed by atoms with Gasteiger partial charge >= 0.3 is 11.8 Å². The Balaban J connectivity index is 1.29. The van der Waals surface area contributed by atoms with Crippen molar-refractivity contribution in [2.75, 3.05) is 44.9 Å². The average Bonchev–Trinajstić information content (AvgIpc) is 3.23. The van der Waals surface area contributed by atoms with Gasteiger partial charge in [-0.05, 0) is 36.8 Å². The van der Waals surface area contributed by atoms with Gasteiger partial charge in [0.15, 0.2) is 11.5 Å². The zero-order valence-corrected chi connectivity index (χ0v) is 16.9. The predicted octanol–water partition coefficient (Wildman–Crippen LogP) is 2.10. The standard InChI is InChI=1S/C22H25N3O5/c1-2-28-18-6-4-3-5-17(18)23-21(26)22(27)25-11-9-24(10-12-25)14-16-7-8-19-20(13-16)30-15-29-19/h3-8,13H,2,9-12,14-15H2,1H3,(H,23,26). The Morgan fingerprint density at radius 2 is 1.80 bits per heavy atom. The number of fused-ring (bicyclic) bond motifs is 1. The number of benzene rings is 2. The van der Waals surface area contributed by atoms with E-state index in [1.54, 1.807) is 23.1 Å². The third-order valence-electron chi connectivity index (χ3n) is 5.13. The number of ether oxygens (including phenoxy) is 3. The monoisotopic (exact) mass is 411 g/mol. The molecule has 1 saturated heterocycles. The summed E-state index contributed by atoms with van der Waals surface area (Å²) in [6, 6.07) is 13.0. The molecule has 4 rings (SSSR count). The Labute approximate surface area is 175 Å². The van der Waals surface area contributed by atoms with Gasteiger partial charge in [0.05, 0.1) is 12.3 Å². The lowest BCUT2D eigenvalue weighted by Crippen LogP contribution is -2.51. The van der Waals surface area contributed by atoms with E-state index in [2.05, 4.69) is 10.2 Å². The first-order chi connectivity index (χ1) is 14.6. The fourth-order valence-electron chi connectivity index (χ4n) is 3.58. The largest absolute Gasteiger partial charge is 0.492 e. The molecule has 0 saturated carbocycles. The molecule has 0 aromatic heterocycles. The number of rotatable bonds is 5. The van der Waals surface area contributed by atoms with Crippen LogP contribution in [0.25, 0.3) is 0 Å². The highest BCUT2D eigenvalue weighted by Crippen LogP contribution is 2.32. The molecular weight excluding hydrogens is 386 g/mol. The number of anilines is 1. The first-order valence-corrected chi connectivity index (χ1v) is 10.1. The van der Waals surface area contributed by atoms with Crippen LogP contribution < -0.4 is 19.5 Å². The number of nitrogens with one attached hydrogen (secondary N) is 1. The molecule has 8 heteroatoms. The smallest absolute Gasteiger partial charge is 0.314 e. The molecule has 158 valence electrons. The van der Waals surface area contributed by atoms with Crippen molar-refractivity contribution in [3.8, 4) is 17.2 Å². The highest BCUT2D eigenvalue weighted by Gasteiger charge is 2.27. The topological polar surface area (TPSA) is 80.3 Å². The van der Waals surface area contributed by atoms with Crippen LogP contribution in [0.4, 0.5) is 5.69 Å². The second-order valence-electron chi connectivity index (χ2n) is 7.14. The van der Waals surface area contributed by atoms with E-state index in [0.29, 0.717) is 44.2 Å². The molecule has 1 N–H and O–H groups in total. The van der Waals surface area contributed by atoms with Crippen LogP contribution in [0, 0.1) is 0 Å². The van der Waals surface area contributed by atoms with Crippen molar-refractivity contribution in [2.45, 2.75) is 13.5 Å². The lowest BCUT2D eigenvalue weighted by molar-refractivity contribution is -0.144. The molecule has 8 nitrogen and oxygen atoms in total. The molecule has 0 atom stereocenters. The van der Waals surface area contributed by atoms with Gasteiger partial charge in [-0.25, -0.2) is 0 Å². The summed E-state index contributed by atoms with van der Waals surface area (Å²) in [6.45, 7) is 5.77. The number of carbonyl (C=O) groups is 2. The van der Waals surface area contributed by atoms with Crippen molar-refractivity contribution in [3.63, 3.8) is 0 Å². The number of hydrogen-bond acceptors (Lipinski definition) is 6. The third kappa shape index (κ3) is 4.49. The molecule has 2 heterocycles. The van der Waals surface area contributed by atoms with E-state index in [1.165, 1.54) is 0 Å². The van der Waals surface area contributed by atoms with Gasteiger partial charge in [-0.2, -0.15) is 0 Å². The first kappa shape index (κ1) is 20.0. The van der Waals surface area contributed by atoms with E-state index in [4.69, 9.17) is 14.2 Å². The van der Waals surface area contributed by atoms with Crippen molar-refractivity contribution in [3.05, 3.63) is 48.0 Å². The molecule has 2 aromatic carbocycles. The molecular formula is C22H25N3O5. The Bertz CT molecular complexity index is 925. The van der Waals surface area contributed by atoms with Crippen LogP contribution in [0.3, 0.4) is 0 Å². The van der Waals surface area contributed by atoms with Crippen molar-refractivity contribution in [1.82, 2.24) is 9.80 Å². The summed E-state index contributed by atoms with van der Waals surface area (Å²) in [4.78, 5) is 28.9. The normalized spacial score (nSPS) is 15.7. The van der Waals surface area contributed by atoms with E-state index < -0.39 is 11.8 Å². The molecule has 2 aliphatic heterocycles. The molecule has 2 aliphatic rings. The van der Waals surface area contributed by atoms with Crippen molar-refractivity contribution in [2.24, 2.45) is 0 Å². The molecule has 0 bridgehead atoms. The number of hydrogen-bond donors (Lipinski definition) is 1. The minimum Gasteiger partial charge on any atom is -0.492 e. The molecule has 0 spiro atoms. The fourth-order valence-corrected chi connectivity index (χ4v) is 3.58. The van der Waals surface area contributed by atoms with Crippen LogP contribution in [-0.2, 0) is 16.1 Å². The molecule has 0 aliphatic carbocycles. The Kier molecular flexibility index (Phi) is 6.04. The van der Waals surface area contributed by atoms with E-state index in [0.717, 1.165) is 23.6 Å². The Morgan fingerprint density at radius 3 is 2.60 bits per heavy atom. The Morgan fingerprint density at radius 1 is 1.03 bits per heavy atom. The lowest BCUT2D eigenvalue weighted by Gasteiger charge is -2.34. The summed E-state index contributed by atoms with van der Waals surface area (Å²) in [5.41, 5.74) is 1.63. The van der Waals surface area contributed by atoms with E-state index in [-0.39, 0.29) is 6.79 Å². The summed E-state index contributed by atoms with van der Waals surface area (Å²) in [5, 5.41) is 2.67. The summed E-state index contributed by atoms with van der Waals surface area (Å²) in [7, 11) is 0. The molecule has 1 fully saturated rings. The number of amides is 2. The van der Waals surface area contributed by atoms with Gasteiger partial charge in [-0.1, -0.05) is 18.2 Å². The minimum absolute atomic E-state index is 0.261. The zero-order chi connectivity index (χ0) is 20.9. The highest BCUT2D eigenvalue weighted by atomic mass is 16.7. The maximum absolute atomic E-state index is 12.6. The predicted molar refractivity (Wildman–Crippen MR) is 111 cm³/mol. The minimum atomic E-state index is -0.647. The SMILES string of the molecule is CCOc1ccccc1NC(=O)C(=O)N1CCN(Cc2ccc3c(c2)OCO3)CC1. The fraction of sp³-hybridized carbons (Fsp3) is 0.364. The third-order valence-corrected chi connectivity index (χ3v) is 5.13. The average molecular weight is 411 g/mol. The summed E-state index contributed by atoms with van der Waals surface area (Å²) < 4.78 is 16.3. The van der Waals surface area contributed by atoms with E-state index >= 15 is 0 Å². The number of carbonyl (C=O) groups excluding carboxylic acids is 2. The van der Waals surface area contributed by atoms with Crippen molar-refractivity contribution < 1.29 is 23.8 Å². The van der Waals surface area contributed by atoms with Gasteiger partial charge < -0.3 is 24.4 Å². The second-order valence-corrected chi connectivity index (χ2v) is 7.14. The van der Waals surface area contributed by atoms with Crippen LogP contribution in [0.15, 0.2) is 42.5 Å². The molecule has 2 amide bonds. The first-order valence-electron chi connectivity index (χ1n) is 10.1. The quantitative estimate of drug-likeness (QED) is 0.759.